The van der Waals surface area contributed by atoms with Gasteiger partial charge in [-0.15, -0.1) is 11.3 Å². The molecule has 2 aromatic heterocycles. The van der Waals surface area contributed by atoms with E-state index in [9.17, 15) is 0 Å². The number of anilines is 2. The minimum absolute atomic E-state index is 0.801. The first-order valence-corrected chi connectivity index (χ1v) is 6.08. The number of hydrogen-bond donors (Lipinski definition) is 1. The third-order valence-electron chi connectivity index (χ3n) is 1.82. The van der Waals surface area contributed by atoms with Gasteiger partial charge in [-0.3, -0.25) is 0 Å². The summed E-state index contributed by atoms with van der Waals surface area (Å²) in [6, 6.07) is 2.02. The second-order valence-electron chi connectivity index (χ2n) is 3.24. The number of thiazole rings is 1. The maximum Gasteiger partial charge on any atom is 0.188 e. The molecule has 0 aliphatic rings. The number of hydrogen-bond acceptors (Lipinski definition) is 4. The first-order chi connectivity index (χ1) is 7.15. The molecule has 0 aliphatic carbocycles. The molecule has 0 amide bonds. The Bertz CT molecular complexity index is 481. The van der Waals surface area contributed by atoms with E-state index in [1.165, 1.54) is 4.88 Å². The number of aromatic nitrogens is 2. The van der Waals surface area contributed by atoms with Crippen LogP contribution in [-0.4, -0.2) is 9.97 Å². The molecule has 0 aromatic carbocycles. The SMILES string of the molecule is Cc1cnc(Nc2ncc(C)s2)c(Br)c1. The topological polar surface area (TPSA) is 37.8 Å². The lowest BCUT2D eigenvalue weighted by Gasteiger charge is -2.04. The summed E-state index contributed by atoms with van der Waals surface area (Å²) in [5, 5.41) is 4.03. The molecule has 0 fully saturated rings. The molecule has 0 atom stereocenters. The second kappa shape index (κ2) is 4.28. The molecule has 5 heteroatoms. The summed E-state index contributed by atoms with van der Waals surface area (Å²) in [6.07, 6.45) is 3.67. The number of nitrogens with zero attached hydrogens (tertiary/aromatic N) is 2. The van der Waals surface area contributed by atoms with Gasteiger partial charge in [-0.2, -0.15) is 0 Å². The van der Waals surface area contributed by atoms with Crippen molar-refractivity contribution in [2.45, 2.75) is 13.8 Å². The fourth-order valence-electron chi connectivity index (χ4n) is 1.14. The van der Waals surface area contributed by atoms with Crippen LogP contribution in [0.3, 0.4) is 0 Å². The highest BCUT2D eigenvalue weighted by molar-refractivity contribution is 9.10. The van der Waals surface area contributed by atoms with Crippen LogP contribution in [0.25, 0.3) is 0 Å². The van der Waals surface area contributed by atoms with Gasteiger partial charge in [0.1, 0.15) is 5.82 Å². The van der Waals surface area contributed by atoms with Gasteiger partial charge < -0.3 is 5.32 Å². The van der Waals surface area contributed by atoms with Crippen molar-refractivity contribution in [1.82, 2.24) is 9.97 Å². The molecular formula is C10H10BrN3S. The second-order valence-corrected chi connectivity index (χ2v) is 5.33. The van der Waals surface area contributed by atoms with Crippen molar-refractivity contribution in [3.8, 4) is 0 Å². The van der Waals surface area contributed by atoms with Gasteiger partial charge in [0, 0.05) is 17.3 Å². The van der Waals surface area contributed by atoms with Crippen molar-refractivity contribution in [2.24, 2.45) is 0 Å². The predicted molar refractivity (Wildman–Crippen MR) is 66.8 cm³/mol. The average molecular weight is 284 g/mol. The van der Waals surface area contributed by atoms with Crippen molar-refractivity contribution >= 4 is 38.2 Å². The van der Waals surface area contributed by atoms with Crippen molar-refractivity contribution in [1.29, 1.82) is 0 Å². The zero-order valence-electron chi connectivity index (χ0n) is 8.41. The summed E-state index contributed by atoms with van der Waals surface area (Å²) in [6.45, 7) is 4.04. The molecule has 15 heavy (non-hydrogen) atoms. The molecule has 0 saturated carbocycles. The lowest BCUT2D eigenvalue weighted by Crippen LogP contribution is -1.94. The Hall–Kier alpha value is -0.940. The van der Waals surface area contributed by atoms with Crippen LogP contribution in [-0.2, 0) is 0 Å². The summed E-state index contributed by atoms with van der Waals surface area (Å²) in [5.41, 5.74) is 1.13. The quantitative estimate of drug-likeness (QED) is 0.914. The van der Waals surface area contributed by atoms with E-state index >= 15 is 0 Å². The zero-order chi connectivity index (χ0) is 10.8. The number of nitrogens with one attached hydrogen (secondary N) is 1. The lowest BCUT2D eigenvalue weighted by molar-refractivity contribution is 1.23. The maximum absolute atomic E-state index is 4.29. The van der Waals surface area contributed by atoms with Crippen molar-refractivity contribution in [3.05, 3.63) is 33.4 Å². The van der Waals surface area contributed by atoms with Crippen LogP contribution < -0.4 is 5.32 Å². The summed E-state index contributed by atoms with van der Waals surface area (Å²) < 4.78 is 0.954. The van der Waals surface area contributed by atoms with Crippen molar-refractivity contribution in [3.63, 3.8) is 0 Å². The summed E-state index contributed by atoms with van der Waals surface area (Å²) in [5.74, 6) is 0.801. The molecule has 0 bridgehead atoms. The highest BCUT2D eigenvalue weighted by Gasteiger charge is 2.04. The highest BCUT2D eigenvalue weighted by Crippen LogP contribution is 2.26. The average Bonchev–Trinajstić information content (AvgIpc) is 2.56. The van der Waals surface area contributed by atoms with E-state index in [4.69, 9.17) is 0 Å². The Morgan fingerprint density at radius 1 is 1.27 bits per heavy atom. The summed E-state index contributed by atoms with van der Waals surface area (Å²) in [4.78, 5) is 9.69. The molecule has 2 heterocycles. The van der Waals surface area contributed by atoms with Gasteiger partial charge in [0.15, 0.2) is 5.13 Å². The van der Waals surface area contributed by atoms with E-state index in [0.717, 1.165) is 21.0 Å². The number of halogens is 1. The van der Waals surface area contributed by atoms with Crippen molar-refractivity contribution in [2.75, 3.05) is 5.32 Å². The van der Waals surface area contributed by atoms with Crippen LogP contribution in [0.1, 0.15) is 10.4 Å². The molecule has 1 N–H and O–H groups in total. The van der Waals surface area contributed by atoms with Crippen LogP contribution >= 0.6 is 27.3 Å². The molecule has 0 aliphatic heterocycles. The van der Waals surface area contributed by atoms with E-state index < -0.39 is 0 Å². The minimum Gasteiger partial charge on any atom is -0.315 e. The van der Waals surface area contributed by atoms with Gasteiger partial charge in [0.2, 0.25) is 0 Å². The molecule has 2 rings (SSSR count). The first kappa shape index (κ1) is 10.6. The smallest absolute Gasteiger partial charge is 0.188 e. The number of aryl methyl sites for hydroxylation is 2. The van der Waals surface area contributed by atoms with Gasteiger partial charge in [-0.1, -0.05) is 0 Å². The first-order valence-electron chi connectivity index (χ1n) is 4.47. The highest BCUT2D eigenvalue weighted by atomic mass is 79.9. The van der Waals surface area contributed by atoms with Crippen LogP contribution in [0.15, 0.2) is 22.9 Å². The third kappa shape index (κ3) is 2.54. The largest absolute Gasteiger partial charge is 0.315 e. The molecule has 78 valence electrons. The molecule has 0 saturated heterocycles. The Balaban J connectivity index is 2.24. The standard InChI is InChI=1S/C10H10BrN3S/c1-6-3-8(11)9(12-4-6)14-10-13-5-7(2)15-10/h3-5H,1-2H3,(H,12,13,14). The van der Waals surface area contributed by atoms with Gasteiger partial charge >= 0.3 is 0 Å². The minimum atomic E-state index is 0.801. The Labute approximate surface area is 101 Å². The van der Waals surface area contributed by atoms with Gasteiger partial charge in [0.25, 0.3) is 0 Å². The van der Waals surface area contributed by atoms with Crippen molar-refractivity contribution < 1.29 is 0 Å². The summed E-state index contributed by atoms with van der Waals surface area (Å²) >= 11 is 5.08. The molecule has 2 aromatic rings. The number of rotatable bonds is 2. The van der Waals surface area contributed by atoms with E-state index in [2.05, 4.69) is 31.2 Å². The molecule has 3 nitrogen and oxygen atoms in total. The van der Waals surface area contributed by atoms with Crippen LogP contribution in [0.5, 0.6) is 0 Å². The fourth-order valence-corrected chi connectivity index (χ4v) is 2.37. The molecule has 0 radical (unpaired) electrons. The van der Waals surface area contributed by atoms with Crippen LogP contribution in [0.4, 0.5) is 10.9 Å². The maximum atomic E-state index is 4.29. The monoisotopic (exact) mass is 283 g/mol. The van der Waals surface area contributed by atoms with E-state index in [0.29, 0.717) is 0 Å². The Morgan fingerprint density at radius 3 is 2.67 bits per heavy atom. The van der Waals surface area contributed by atoms with E-state index in [1.807, 2.05) is 32.3 Å². The fraction of sp³-hybridized carbons (Fsp3) is 0.200. The Kier molecular flexibility index (Phi) is 3.02. The van der Waals surface area contributed by atoms with Crippen LogP contribution in [0, 0.1) is 13.8 Å². The van der Waals surface area contributed by atoms with E-state index in [1.54, 1.807) is 11.3 Å². The van der Waals surface area contributed by atoms with E-state index in [-0.39, 0.29) is 0 Å². The zero-order valence-corrected chi connectivity index (χ0v) is 10.8. The lowest BCUT2D eigenvalue weighted by atomic mass is 10.3. The predicted octanol–water partition coefficient (Wildman–Crippen LogP) is 3.66. The summed E-state index contributed by atoms with van der Waals surface area (Å²) in [7, 11) is 0. The third-order valence-corrected chi connectivity index (χ3v) is 3.26. The van der Waals surface area contributed by atoms with Gasteiger partial charge in [-0.05, 0) is 41.4 Å². The molecule has 0 spiro atoms. The van der Waals surface area contributed by atoms with Gasteiger partial charge in [0.05, 0.1) is 4.47 Å². The molecule has 0 unspecified atom stereocenters. The van der Waals surface area contributed by atoms with Gasteiger partial charge in [-0.25, -0.2) is 9.97 Å². The normalized spacial score (nSPS) is 10.3. The number of pyridine rings is 1. The van der Waals surface area contributed by atoms with Crippen LogP contribution in [0.2, 0.25) is 0 Å². The Morgan fingerprint density at radius 2 is 2.07 bits per heavy atom. The molecular weight excluding hydrogens is 274 g/mol.